The molecule has 4 rings (SSSR count). The molecule has 4 aromatic rings. The zero-order chi connectivity index (χ0) is 29.2. The van der Waals surface area contributed by atoms with Crippen molar-refractivity contribution in [2.75, 3.05) is 29.9 Å². The minimum Gasteiger partial charge on any atom is -0.508 e. The van der Waals surface area contributed by atoms with Gasteiger partial charge in [0.25, 0.3) is 0 Å². The molecular weight excluding hydrogens is 662 g/mol. The van der Waals surface area contributed by atoms with Crippen LogP contribution in [0.1, 0.15) is 24.9 Å². The predicted molar refractivity (Wildman–Crippen MR) is 168 cm³/mol. The third kappa shape index (κ3) is 9.23. The van der Waals surface area contributed by atoms with Gasteiger partial charge in [-0.1, -0.05) is 47.2 Å². The highest BCUT2D eigenvalue weighted by Crippen LogP contribution is 2.31. The lowest BCUT2D eigenvalue weighted by molar-refractivity contribution is 0.301. The fourth-order valence-electron chi connectivity index (χ4n) is 3.89. The molecule has 1 atom stereocenters. The third-order valence-corrected chi connectivity index (χ3v) is 6.64. The summed E-state index contributed by atoms with van der Waals surface area (Å²) in [6.45, 7) is 2.78. The summed E-state index contributed by atoms with van der Waals surface area (Å²) >= 11 is 8.46. The second-order valence-corrected chi connectivity index (χ2v) is 10.8. The molecule has 0 bridgehead atoms. The van der Waals surface area contributed by atoms with Crippen molar-refractivity contribution in [2.24, 2.45) is 4.99 Å². The molecule has 0 aliphatic carbocycles. The zero-order valence-corrected chi connectivity index (χ0v) is 25.1. The number of aliphatic hydroxyl groups is 1. The zero-order valence-electron chi connectivity index (χ0n) is 22.2. The summed E-state index contributed by atoms with van der Waals surface area (Å²) in [5.41, 5.74) is 2.11. The number of aliphatic hydroxyl groups excluding tert-OH is 1. The molecule has 0 fully saturated rings. The minimum atomic E-state index is -0.514. The normalized spacial score (nSPS) is 11.9. The number of hydrogen-bond acceptors (Lipinski definition) is 9. The standard InChI is InChI=1S/C29H29ClFIN6O3/c1-2-8-38(9-10-39)29-26(31)18-35-28(37-29)15-27(32)34-16-20-6-7-21(17-33-20)36-22-11-19(30)12-25(13-22)41-24-5-3-4-23(40)14-24/h3-7,11-14,16-18,27,36,39-40H,2,8-10,15H2,1H3/b34-16+/t27-/m0/s1. The SMILES string of the molecule is CCCN(CCO)c1nc(C[C@@H](I)/N=C/c2ccc(Nc3cc(Cl)cc(Oc4cccc(O)c4)c3)cn2)ncc1F. The number of rotatable bonds is 13. The average Bonchev–Trinajstić information content (AvgIpc) is 2.93. The summed E-state index contributed by atoms with van der Waals surface area (Å²) in [5, 5.41) is 22.7. The average molecular weight is 691 g/mol. The van der Waals surface area contributed by atoms with Gasteiger partial charge in [0.2, 0.25) is 0 Å². The molecular formula is C29H29ClFIN6O3. The first-order chi connectivity index (χ1) is 19.8. The number of halogens is 3. The van der Waals surface area contributed by atoms with Gasteiger partial charge < -0.3 is 25.2 Å². The highest BCUT2D eigenvalue weighted by molar-refractivity contribution is 14.1. The van der Waals surface area contributed by atoms with Crippen molar-refractivity contribution in [2.45, 2.75) is 23.8 Å². The van der Waals surface area contributed by atoms with E-state index in [9.17, 15) is 14.6 Å². The Kier molecular flexibility index (Phi) is 11.0. The number of hydrogen-bond donors (Lipinski definition) is 3. The number of nitrogens with one attached hydrogen (secondary N) is 1. The summed E-state index contributed by atoms with van der Waals surface area (Å²) in [6.07, 6.45) is 5.72. The van der Waals surface area contributed by atoms with Crippen LogP contribution in [0.2, 0.25) is 5.02 Å². The molecule has 0 amide bonds. The van der Waals surface area contributed by atoms with Crippen LogP contribution in [0.5, 0.6) is 17.2 Å². The van der Waals surface area contributed by atoms with E-state index in [1.807, 2.05) is 19.1 Å². The van der Waals surface area contributed by atoms with Gasteiger partial charge in [0.05, 0.1) is 30.4 Å². The number of alkyl halides is 1. The Balaban J connectivity index is 1.37. The lowest BCUT2D eigenvalue weighted by atomic mass is 10.2. The van der Waals surface area contributed by atoms with Crippen molar-refractivity contribution < 1.29 is 19.3 Å². The van der Waals surface area contributed by atoms with E-state index in [4.69, 9.17) is 16.3 Å². The molecule has 2 aromatic heterocycles. The molecule has 3 N–H and O–H groups in total. The smallest absolute Gasteiger partial charge is 0.183 e. The Morgan fingerprint density at radius 1 is 1.10 bits per heavy atom. The summed E-state index contributed by atoms with van der Waals surface area (Å²) in [4.78, 5) is 19.2. The number of pyridine rings is 1. The first-order valence-electron chi connectivity index (χ1n) is 12.9. The number of aromatic hydroxyl groups is 1. The van der Waals surface area contributed by atoms with Crippen molar-refractivity contribution in [3.63, 3.8) is 0 Å². The molecule has 0 saturated carbocycles. The van der Waals surface area contributed by atoms with Gasteiger partial charge in [0.1, 0.15) is 27.1 Å². The highest BCUT2D eigenvalue weighted by atomic mass is 127. The first kappa shape index (κ1) is 30.4. The third-order valence-electron chi connectivity index (χ3n) is 5.66. The first-order valence-corrected chi connectivity index (χ1v) is 14.5. The number of benzene rings is 2. The van der Waals surface area contributed by atoms with Crippen LogP contribution in [0, 0.1) is 5.82 Å². The molecule has 0 saturated heterocycles. The van der Waals surface area contributed by atoms with Gasteiger partial charge in [0.15, 0.2) is 11.6 Å². The van der Waals surface area contributed by atoms with E-state index in [0.717, 1.165) is 12.1 Å². The fourth-order valence-corrected chi connectivity index (χ4v) is 4.67. The number of aliphatic imine (C=N–C) groups is 1. The molecule has 2 aromatic carbocycles. The number of ether oxygens (including phenoxy) is 1. The molecule has 214 valence electrons. The Morgan fingerprint density at radius 2 is 1.95 bits per heavy atom. The molecule has 9 nitrogen and oxygen atoms in total. The van der Waals surface area contributed by atoms with Crippen molar-refractivity contribution in [3.8, 4) is 17.2 Å². The van der Waals surface area contributed by atoms with Gasteiger partial charge in [-0.2, -0.15) is 0 Å². The van der Waals surface area contributed by atoms with Crippen molar-refractivity contribution >= 4 is 57.6 Å². The number of nitrogens with zero attached hydrogens (tertiary/aromatic N) is 5. The topological polar surface area (TPSA) is 116 Å². The minimum absolute atomic E-state index is 0.0891. The van der Waals surface area contributed by atoms with Crippen LogP contribution in [-0.4, -0.2) is 55.1 Å². The van der Waals surface area contributed by atoms with Gasteiger partial charge >= 0.3 is 0 Å². The van der Waals surface area contributed by atoms with E-state index in [-0.39, 0.29) is 22.2 Å². The van der Waals surface area contributed by atoms with E-state index in [0.29, 0.717) is 53.2 Å². The Labute approximate surface area is 256 Å². The number of aromatic nitrogens is 3. The molecule has 0 aliphatic heterocycles. The van der Waals surface area contributed by atoms with E-state index in [1.165, 1.54) is 12.3 Å². The lowest BCUT2D eigenvalue weighted by Gasteiger charge is -2.22. The van der Waals surface area contributed by atoms with E-state index >= 15 is 0 Å². The molecule has 0 spiro atoms. The summed E-state index contributed by atoms with van der Waals surface area (Å²) in [6, 6.07) is 15.5. The van der Waals surface area contributed by atoms with Gasteiger partial charge in [-0.15, -0.1) is 0 Å². The van der Waals surface area contributed by atoms with E-state index < -0.39 is 5.82 Å². The van der Waals surface area contributed by atoms with Gasteiger partial charge in [0, 0.05) is 48.6 Å². The fraction of sp³-hybridized carbons (Fsp3) is 0.241. The van der Waals surface area contributed by atoms with Crippen LogP contribution in [0.3, 0.4) is 0 Å². The maximum Gasteiger partial charge on any atom is 0.183 e. The molecule has 0 aliphatic rings. The van der Waals surface area contributed by atoms with E-state index in [1.54, 1.807) is 53.7 Å². The summed E-state index contributed by atoms with van der Waals surface area (Å²) < 4.78 is 20.0. The number of anilines is 3. The van der Waals surface area contributed by atoms with Crippen molar-refractivity contribution in [1.29, 1.82) is 0 Å². The number of phenolic OH excluding ortho intramolecular Hbond substituents is 1. The molecule has 41 heavy (non-hydrogen) atoms. The Hall–Kier alpha value is -3.55. The van der Waals surface area contributed by atoms with Crippen LogP contribution in [0.4, 0.5) is 21.6 Å². The van der Waals surface area contributed by atoms with Crippen LogP contribution in [0.15, 0.2) is 72.0 Å². The quantitative estimate of drug-likeness (QED) is 0.0628. The van der Waals surface area contributed by atoms with Crippen LogP contribution in [0.25, 0.3) is 0 Å². The van der Waals surface area contributed by atoms with Crippen LogP contribution < -0.4 is 15.0 Å². The largest absolute Gasteiger partial charge is 0.508 e. The lowest BCUT2D eigenvalue weighted by Crippen LogP contribution is -2.29. The summed E-state index contributed by atoms with van der Waals surface area (Å²) in [7, 11) is 0. The van der Waals surface area contributed by atoms with Crippen LogP contribution >= 0.6 is 34.2 Å². The predicted octanol–water partition coefficient (Wildman–Crippen LogP) is 6.54. The van der Waals surface area contributed by atoms with Crippen molar-refractivity contribution in [3.05, 3.63) is 89.3 Å². The van der Waals surface area contributed by atoms with Gasteiger partial charge in [-0.3, -0.25) is 9.98 Å². The monoisotopic (exact) mass is 690 g/mol. The molecule has 2 heterocycles. The maximum absolute atomic E-state index is 14.4. The molecule has 0 radical (unpaired) electrons. The second kappa shape index (κ2) is 14.9. The van der Waals surface area contributed by atoms with Crippen LogP contribution in [-0.2, 0) is 6.42 Å². The Bertz CT molecular complexity index is 1470. The summed E-state index contributed by atoms with van der Waals surface area (Å²) in [5.74, 6) is 1.26. The Morgan fingerprint density at radius 3 is 2.68 bits per heavy atom. The maximum atomic E-state index is 14.4. The molecule has 0 unspecified atom stereocenters. The van der Waals surface area contributed by atoms with E-state index in [2.05, 4.69) is 47.9 Å². The second-order valence-electron chi connectivity index (χ2n) is 8.96. The number of phenols is 1. The highest BCUT2D eigenvalue weighted by Gasteiger charge is 2.16. The molecule has 12 heteroatoms. The van der Waals surface area contributed by atoms with Gasteiger partial charge in [-0.05, 0) is 42.8 Å². The van der Waals surface area contributed by atoms with Gasteiger partial charge in [-0.25, -0.2) is 14.4 Å². The van der Waals surface area contributed by atoms with Crippen molar-refractivity contribution in [1.82, 2.24) is 15.0 Å².